The molecule has 0 aliphatic rings. The molecule has 0 aliphatic heterocycles. The minimum Gasteiger partial charge on any atom is -0.337 e. The van der Waals surface area contributed by atoms with Gasteiger partial charge < -0.3 is 10.3 Å². The average molecular weight is 266 g/mol. The summed E-state index contributed by atoms with van der Waals surface area (Å²) in [5, 5.41) is 3.92. The normalized spacial score (nSPS) is 12.2. The van der Waals surface area contributed by atoms with Crippen LogP contribution in [0.1, 0.15) is 17.5 Å². The molecule has 1 atom stereocenters. The van der Waals surface area contributed by atoms with Crippen LogP contribution >= 0.6 is 0 Å². The molecule has 0 fully saturated rings. The van der Waals surface area contributed by atoms with Crippen LogP contribution in [0.2, 0.25) is 0 Å². The quantitative estimate of drug-likeness (QED) is 0.784. The maximum Gasteiger partial charge on any atom is 0.244 e. The number of hydrogen-bond donors (Lipinski definition) is 1. The van der Waals surface area contributed by atoms with Gasteiger partial charge in [0.25, 0.3) is 0 Å². The molecule has 0 unspecified atom stereocenters. The lowest BCUT2D eigenvalue weighted by molar-refractivity contribution is 0.354. The first-order chi connectivity index (χ1) is 9.83. The Morgan fingerprint density at radius 3 is 2.60 bits per heavy atom. The summed E-state index contributed by atoms with van der Waals surface area (Å²) in [5.74, 6) is 0.888. The molecule has 3 aromatic rings. The summed E-state index contributed by atoms with van der Waals surface area (Å²) in [6.07, 6.45) is 2.35. The molecule has 0 bridgehead atoms. The average Bonchev–Trinajstić information content (AvgIpc) is 2.99. The van der Waals surface area contributed by atoms with Gasteiger partial charge in [-0.15, -0.1) is 0 Å². The molecule has 100 valence electrons. The minimum atomic E-state index is -0.317. The van der Waals surface area contributed by atoms with Crippen molar-refractivity contribution in [1.82, 2.24) is 15.1 Å². The second-order valence-corrected chi connectivity index (χ2v) is 4.47. The highest BCUT2D eigenvalue weighted by atomic mass is 16.5. The third kappa shape index (κ3) is 2.73. The predicted octanol–water partition coefficient (Wildman–Crippen LogP) is 2.37. The molecular weight excluding hydrogens is 252 g/mol. The Hall–Kier alpha value is -2.53. The van der Waals surface area contributed by atoms with Crippen molar-refractivity contribution in [3.63, 3.8) is 0 Å². The predicted molar refractivity (Wildman–Crippen MR) is 74.6 cm³/mol. The van der Waals surface area contributed by atoms with Crippen LogP contribution in [-0.4, -0.2) is 15.1 Å². The zero-order chi connectivity index (χ0) is 13.8. The number of rotatable bonds is 4. The Kier molecular flexibility index (Phi) is 3.52. The van der Waals surface area contributed by atoms with Gasteiger partial charge in [0, 0.05) is 6.20 Å². The summed E-state index contributed by atoms with van der Waals surface area (Å²) in [6.45, 7) is 0. The summed E-state index contributed by atoms with van der Waals surface area (Å²) < 4.78 is 5.23. The van der Waals surface area contributed by atoms with Crippen LogP contribution < -0.4 is 5.73 Å². The van der Waals surface area contributed by atoms with E-state index in [1.807, 2.05) is 48.5 Å². The zero-order valence-electron chi connectivity index (χ0n) is 10.8. The second-order valence-electron chi connectivity index (χ2n) is 4.47. The van der Waals surface area contributed by atoms with Crippen molar-refractivity contribution < 1.29 is 4.52 Å². The zero-order valence-corrected chi connectivity index (χ0v) is 10.8. The molecule has 2 N–H and O–H groups in total. The van der Waals surface area contributed by atoms with E-state index in [1.54, 1.807) is 6.20 Å². The fraction of sp³-hybridized carbons (Fsp3) is 0.133. The lowest BCUT2D eigenvalue weighted by Crippen LogP contribution is -2.13. The molecule has 0 saturated carbocycles. The number of aromatic nitrogens is 3. The van der Waals surface area contributed by atoms with Crippen LogP contribution in [0.4, 0.5) is 0 Å². The maximum atomic E-state index is 6.10. The SMILES string of the molecule is N[C@H](Cc1ccccc1)c1nc(-c2ccccn2)no1. The fourth-order valence-corrected chi connectivity index (χ4v) is 1.94. The van der Waals surface area contributed by atoms with E-state index in [4.69, 9.17) is 10.3 Å². The third-order valence-corrected chi connectivity index (χ3v) is 2.95. The highest BCUT2D eigenvalue weighted by molar-refractivity contribution is 5.47. The van der Waals surface area contributed by atoms with Crippen molar-refractivity contribution in [2.45, 2.75) is 12.5 Å². The summed E-state index contributed by atoms with van der Waals surface area (Å²) >= 11 is 0. The van der Waals surface area contributed by atoms with E-state index in [1.165, 1.54) is 0 Å². The van der Waals surface area contributed by atoms with Crippen molar-refractivity contribution in [3.05, 3.63) is 66.2 Å². The molecule has 0 spiro atoms. The van der Waals surface area contributed by atoms with E-state index in [9.17, 15) is 0 Å². The van der Waals surface area contributed by atoms with E-state index in [-0.39, 0.29) is 6.04 Å². The molecule has 0 radical (unpaired) electrons. The summed E-state index contributed by atoms with van der Waals surface area (Å²) in [5.41, 5.74) is 7.91. The number of nitrogens with two attached hydrogens (primary N) is 1. The smallest absolute Gasteiger partial charge is 0.244 e. The van der Waals surface area contributed by atoms with Gasteiger partial charge >= 0.3 is 0 Å². The molecule has 0 amide bonds. The van der Waals surface area contributed by atoms with Gasteiger partial charge in [0.15, 0.2) is 0 Å². The Labute approximate surface area is 116 Å². The second kappa shape index (κ2) is 5.63. The van der Waals surface area contributed by atoms with E-state index in [2.05, 4.69) is 15.1 Å². The molecule has 2 heterocycles. The van der Waals surface area contributed by atoms with Crippen LogP contribution in [0.3, 0.4) is 0 Å². The number of hydrogen-bond acceptors (Lipinski definition) is 5. The first-order valence-electron chi connectivity index (χ1n) is 6.37. The Bertz CT molecular complexity index is 667. The molecule has 0 saturated heterocycles. The van der Waals surface area contributed by atoms with Gasteiger partial charge in [-0.3, -0.25) is 4.98 Å². The van der Waals surface area contributed by atoms with Crippen molar-refractivity contribution in [2.24, 2.45) is 5.73 Å². The number of pyridine rings is 1. The van der Waals surface area contributed by atoms with Gasteiger partial charge in [-0.1, -0.05) is 41.6 Å². The minimum absolute atomic E-state index is 0.317. The van der Waals surface area contributed by atoms with Crippen LogP contribution in [-0.2, 0) is 6.42 Å². The summed E-state index contributed by atoms with van der Waals surface area (Å²) in [6, 6.07) is 15.2. The summed E-state index contributed by atoms with van der Waals surface area (Å²) in [4.78, 5) is 8.49. The van der Waals surface area contributed by atoms with E-state index < -0.39 is 0 Å². The Morgan fingerprint density at radius 1 is 1.05 bits per heavy atom. The first kappa shape index (κ1) is 12.5. The van der Waals surface area contributed by atoms with Gasteiger partial charge in [-0.25, -0.2) is 0 Å². The third-order valence-electron chi connectivity index (χ3n) is 2.95. The molecule has 3 rings (SSSR count). The van der Waals surface area contributed by atoms with Crippen LogP contribution in [0.25, 0.3) is 11.5 Å². The lowest BCUT2D eigenvalue weighted by Gasteiger charge is -2.05. The molecule has 20 heavy (non-hydrogen) atoms. The highest BCUT2D eigenvalue weighted by Crippen LogP contribution is 2.18. The van der Waals surface area contributed by atoms with Crippen molar-refractivity contribution in [1.29, 1.82) is 0 Å². The van der Waals surface area contributed by atoms with Crippen molar-refractivity contribution >= 4 is 0 Å². The molecular formula is C15H14N4O. The van der Waals surface area contributed by atoms with Gasteiger partial charge in [0.05, 0.1) is 6.04 Å². The molecule has 1 aromatic carbocycles. The largest absolute Gasteiger partial charge is 0.337 e. The van der Waals surface area contributed by atoms with E-state index in [0.29, 0.717) is 23.8 Å². The van der Waals surface area contributed by atoms with Crippen molar-refractivity contribution in [3.8, 4) is 11.5 Å². The van der Waals surface area contributed by atoms with Crippen molar-refractivity contribution in [2.75, 3.05) is 0 Å². The van der Waals surface area contributed by atoms with E-state index in [0.717, 1.165) is 5.56 Å². The lowest BCUT2D eigenvalue weighted by atomic mass is 10.1. The monoisotopic (exact) mass is 266 g/mol. The number of benzene rings is 1. The van der Waals surface area contributed by atoms with E-state index >= 15 is 0 Å². The van der Waals surface area contributed by atoms with Crippen LogP contribution in [0.5, 0.6) is 0 Å². The van der Waals surface area contributed by atoms with Crippen LogP contribution in [0.15, 0.2) is 59.3 Å². The standard InChI is InChI=1S/C15H14N4O/c16-12(10-11-6-2-1-3-7-11)15-18-14(19-20-15)13-8-4-5-9-17-13/h1-9,12H,10,16H2/t12-/m1/s1. The topological polar surface area (TPSA) is 77.8 Å². The fourth-order valence-electron chi connectivity index (χ4n) is 1.94. The molecule has 0 aliphatic carbocycles. The highest BCUT2D eigenvalue weighted by Gasteiger charge is 2.16. The molecule has 5 nitrogen and oxygen atoms in total. The summed E-state index contributed by atoms with van der Waals surface area (Å²) in [7, 11) is 0. The van der Waals surface area contributed by atoms with Crippen LogP contribution in [0, 0.1) is 0 Å². The number of nitrogens with zero attached hydrogens (tertiary/aromatic N) is 3. The molecule has 5 heteroatoms. The Balaban J connectivity index is 1.77. The maximum absolute atomic E-state index is 6.10. The molecule has 2 aromatic heterocycles. The van der Waals surface area contributed by atoms with Gasteiger partial charge in [0.2, 0.25) is 11.7 Å². The van der Waals surface area contributed by atoms with Gasteiger partial charge in [-0.2, -0.15) is 4.98 Å². The first-order valence-corrected chi connectivity index (χ1v) is 6.37. The Morgan fingerprint density at radius 2 is 1.85 bits per heavy atom. The van der Waals surface area contributed by atoms with Gasteiger partial charge in [-0.05, 0) is 24.1 Å². The van der Waals surface area contributed by atoms with Gasteiger partial charge in [0.1, 0.15) is 5.69 Å².